The Morgan fingerprint density at radius 1 is 0.905 bits per heavy atom. The number of aromatic nitrogens is 1. The molecule has 2 unspecified atom stereocenters. The summed E-state index contributed by atoms with van der Waals surface area (Å²) in [5.41, 5.74) is 4.21. The van der Waals surface area contributed by atoms with E-state index in [9.17, 15) is 0 Å². The lowest BCUT2D eigenvalue weighted by Gasteiger charge is -2.11. The van der Waals surface area contributed by atoms with Gasteiger partial charge in [-0.25, -0.2) is 0 Å². The van der Waals surface area contributed by atoms with Crippen LogP contribution in [-0.4, -0.2) is 0 Å². The van der Waals surface area contributed by atoms with Gasteiger partial charge in [-0.3, -0.25) is 0 Å². The van der Waals surface area contributed by atoms with Crippen LogP contribution in [0.1, 0.15) is 37.8 Å². The van der Waals surface area contributed by atoms with Gasteiger partial charge in [0, 0.05) is 23.4 Å². The molecule has 4 rings (SSSR count). The third-order valence-electron chi connectivity index (χ3n) is 4.78. The van der Waals surface area contributed by atoms with Gasteiger partial charge in [0.1, 0.15) is 0 Å². The minimum Gasteiger partial charge on any atom is -0.195 e. The number of hydrogen-bond acceptors (Lipinski definition) is 0. The monoisotopic (exact) mass is 274 g/mol. The van der Waals surface area contributed by atoms with Crippen molar-refractivity contribution in [3.63, 3.8) is 0 Å². The van der Waals surface area contributed by atoms with Crippen LogP contribution in [0.25, 0.3) is 22.0 Å². The maximum Gasteiger partial charge on any atom is 0.213 e. The predicted octanol–water partition coefficient (Wildman–Crippen LogP) is 4.86. The molecule has 1 aliphatic rings. The van der Waals surface area contributed by atoms with Gasteiger partial charge in [-0.1, -0.05) is 43.3 Å². The average molecular weight is 274 g/mol. The molecule has 0 saturated carbocycles. The summed E-state index contributed by atoms with van der Waals surface area (Å²) in [4.78, 5) is 0. The second-order valence-corrected chi connectivity index (χ2v) is 6.27. The van der Waals surface area contributed by atoms with E-state index in [4.69, 9.17) is 0 Å². The number of hydrogen-bond donors (Lipinski definition) is 0. The van der Waals surface area contributed by atoms with Crippen molar-refractivity contribution in [2.24, 2.45) is 0 Å². The van der Waals surface area contributed by atoms with E-state index in [1.165, 1.54) is 34.0 Å². The molecule has 0 spiro atoms. The Labute approximate surface area is 125 Å². The smallest absolute Gasteiger partial charge is 0.195 e. The Balaban J connectivity index is 2.08. The van der Waals surface area contributed by atoms with Gasteiger partial charge in [-0.15, -0.1) is 0 Å². The lowest BCUT2D eigenvalue weighted by atomic mass is 9.91. The van der Waals surface area contributed by atoms with Gasteiger partial charge in [-0.2, -0.15) is 4.57 Å². The molecule has 1 nitrogen and oxygen atoms in total. The molecule has 2 heterocycles. The molecule has 0 N–H and O–H groups in total. The molecular formula is C20H20N+. The Kier molecular flexibility index (Phi) is 2.81. The summed E-state index contributed by atoms with van der Waals surface area (Å²) in [7, 11) is 0. The first kappa shape index (κ1) is 12.6. The SMILES string of the molecule is CC1CC(C)[n+]2cc3ccccc3cc2-c2ccccc21. The van der Waals surface area contributed by atoms with Crippen LogP contribution in [-0.2, 0) is 0 Å². The summed E-state index contributed by atoms with van der Waals surface area (Å²) in [5, 5.41) is 2.64. The van der Waals surface area contributed by atoms with E-state index in [1.54, 1.807) is 0 Å². The standard InChI is InChI=1S/C20H20N/c1-14-11-15(2)21-13-17-8-4-3-7-16(17)12-20(21)19-10-6-5-9-18(14)19/h3-10,12-15H,11H2,1-2H3/q+1. The molecule has 21 heavy (non-hydrogen) atoms. The van der Waals surface area contributed by atoms with Crippen LogP contribution in [0.15, 0.2) is 60.8 Å². The minimum absolute atomic E-state index is 0.520. The summed E-state index contributed by atoms with van der Waals surface area (Å²) < 4.78 is 2.46. The van der Waals surface area contributed by atoms with Gasteiger partial charge >= 0.3 is 0 Å². The zero-order chi connectivity index (χ0) is 14.4. The number of rotatable bonds is 0. The number of pyridine rings is 1. The molecule has 3 aromatic rings. The second kappa shape index (κ2) is 4.70. The molecule has 0 radical (unpaired) electrons. The van der Waals surface area contributed by atoms with E-state index in [1.807, 2.05) is 0 Å². The molecule has 104 valence electrons. The van der Waals surface area contributed by atoms with E-state index >= 15 is 0 Å². The van der Waals surface area contributed by atoms with Gasteiger partial charge in [-0.05, 0) is 35.9 Å². The first-order valence-corrected chi connectivity index (χ1v) is 7.77. The molecule has 1 heteroatoms. The normalized spacial score (nSPS) is 20.7. The molecule has 0 bridgehead atoms. The van der Waals surface area contributed by atoms with Crippen LogP contribution < -0.4 is 4.57 Å². The van der Waals surface area contributed by atoms with Gasteiger partial charge in [0.15, 0.2) is 12.2 Å². The Morgan fingerprint density at radius 2 is 1.62 bits per heavy atom. The number of benzene rings is 2. The summed E-state index contributed by atoms with van der Waals surface area (Å²) in [6.07, 6.45) is 3.51. The molecule has 1 aliphatic heterocycles. The van der Waals surface area contributed by atoms with Gasteiger partial charge in [0.05, 0.1) is 0 Å². The quantitative estimate of drug-likeness (QED) is 0.515. The molecule has 2 aromatic carbocycles. The second-order valence-electron chi connectivity index (χ2n) is 6.27. The first-order valence-electron chi connectivity index (χ1n) is 7.77. The van der Waals surface area contributed by atoms with Crippen LogP contribution in [0.3, 0.4) is 0 Å². The average Bonchev–Trinajstić information content (AvgIpc) is 2.62. The zero-order valence-electron chi connectivity index (χ0n) is 12.6. The summed E-state index contributed by atoms with van der Waals surface area (Å²) >= 11 is 0. The summed E-state index contributed by atoms with van der Waals surface area (Å²) in [5.74, 6) is 0.596. The van der Waals surface area contributed by atoms with Crippen molar-refractivity contribution in [2.75, 3.05) is 0 Å². The van der Waals surface area contributed by atoms with E-state index in [-0.39, 0.29) is 0 Å². The van der Waals surface area contributed by atoms with Crippen molar-refractivity contribution in [1.82, 2.24) is 0 Å². The van der Waals surface area contributed by atoms with Crippen molar-refractivity contribution in [3.8, 4) is 11.3 Å². The summed E-state index contributed by atoms with van der Waals surface area (Å²) in [6.45, 7) is 4.68. The molecular weight excluding hydrogens is 254 g/mol. The van der Waals surface area contributed by atoms with Crippen LogP contribution in [0.4, 0.5) is 0 Å². The molecule has 1 aromatic heterocycles. The third kappa shape index (κ3) is 1.96. The predicted molar refractivity (Wildman–Crippen MR) is 87.3 cm³/mol. The fourth-order valence-corrected chi connectivity index (χ4v) is 3.69. The topological polar surface area (TPSA) is 3.88 Å². The Bertz CT molecular complexity index is 819. The maximum absolute atomic E-state index is 2.46. The minimum atomic E-state index is 0.520. The van der Waals surface area contributed by atoms with E-state index in [0.717, 1.165) is 0 Å². The van der Waals surface area contributed by atoms with Crippen molar-refractivity contribution >= 4 is 10.8 Å². The Morgan fingerprint density at radius 3 is 2.48 bits per heavy atom. The number of nitrogens with zero attached hydrogens (tertiary/aromatic N) is 1. The van der Waals surface area contributed by atoms with Gasteiger partial charge in [0.25, 0.3) is 0 Å². The van der Waals surface area contributed by atoms with Crippen molar-refractivity contribution in [3.05, 3.63) is 66.4 Å². The fourth-order valence-electron chi connectivity index (χ4n) is 3.69. The van der Waals surface area contributed by atoms with Crippen LogP contribution >= 0.6 is 0 Å². The van der Waals surface area contributed by atoms with Crippen LogP contribution in [0.5, 0.6) is 0 Å². The molecule has 0 fully saturated rings. The summed E-state index contributed by atoms with van der Waals surface area (Å²) in [6, 6.07) is 20.4. The largest absolute Gasteiger partial charge is 0.213 e. The van der Waals surface area contributed by atoms with E-state index in [2.05, 4.69) is 79.2 Å². The van der Waals surface area contributed by atoms with Crippen LogP contribution in [0.2, 0.25) is 0 Å². The van der Waals surface area contributed by atoms with Crippen LogP contribution in [0, 0.1) is 0 Å². The van der Waals surface area contributed by atoms with Crippen molar-refractivity contribution < 1.29 is 4.57 Å². The van der Waals surface area contributed by atoms with Crippen molar-refractivity contribution in [2.45, 2.75) is 32.2 Å². The van der Waals surface area contributed by atoms with Gasteiger partial charge in [0.2, 0.25) is 5.69 Å². The zero-order valence-corrected chi connectivity index (χ0v) is 12.6. The Hall–Kier alpha value is -2.15. The highest BCUT2D eigenvalue weighted by Crippen LogP contribution is 2.36. The van der Waals surface area contributed by atoms with Crippen molar-refractivity contribution in [1.29, 1.82) is 0 Å². The highest BCUT2D eigenvalue weighted by Gasteiger charge is 2.29. The lowest BCUT2D eigenvalue weighted by molar-refractivity contribution is -0.708. The molecule has 0 saturated heterocycles. The third-order valence-corrected chi connectivity index (χ3v) is 4.78. The van der Waals surface area contributed by atoms with Gasteiger partial charge < -0.3 is 0 Å². The molecule has 0 amide bonds. The molecule has 0 aliphatic carbocycles. The highest BCUT2D eigenvalue weighted by molar-refractivity contribution is 5.84. The first-order chi connectivity index (χ1) is 10.2. The lowest BCUT2D eigenvalue weighted by Crippen LogP contribution is -2.39. The maximum atomic E-state index is 2.46. The fraction of sp³-hybridized carbons (Fsp3) is 0.250. The highest BCUT2D eigenvalue weighted by atomic mass is 15.0. The van der Waals surface area contributed by atoms with E-state index in [0.29, 0.717) is 12.0 Å². The van der Waals surface area contributed by atoms with E-state index < -0.39 is 0 Å². The number of fused-ring (bicyclic) bond motifs is 4. The molecule has 2 atom stereocenters.